The van der Waals surface area contributed by atoms with Crippen molar-refractivity contribution < 1.29 is 23.1 Å². The van der Waals surface area contributed by atoms with Gasteiger partial charge >= 0.3 is 13.3 Å². The minimum absolute atomic E-state index is 0.0722. The molecule has 0 aliphatic heterocycles. The largest absolute Gasteiger partial charge is 0.439 e. The van der Waals surface area contributed by atoms with E-state index in [0.717, 1.165) is 0 Å². The third-order valence-electron chi connectivity index (χ3n) is 4.32. The quantitative estimate of drug-likeness (QED) is 0.407. The van der Waals surface area contributed by atoms with E-state index < -0.39 is 13.3 Å². The summed E-state index contributed by atoms with van der Waals surface area (Å²) >= 11 is 0. The van der Waals surface area contributed by atoms with E-state index in [9.17, 15) is 9.36 Å². The van der Waals surface area contributed by atoms with Crippen molar-refractivity contribution in [3.63, 3.8) is 0 Å². The lowest BCUT2D eigenvalue weighted by molar-refractivity contribution is 0.0373. The van der Waals surface area contributed by atoms with Crippen molar-refractivity contribution in [1.29, 1.82) is 0 Å². The highest BCUT2D eigenvalue weighted by atomic mass is 31.2. The van der Waals surface area contributed by atoms with E-state index >= 15 is 0 Å². The van der Waals surface area contributed by atoms with E-state index in [1.165, 1.54) is 0 Å². The van der Waals surface area contributed by atoms with Crippen LogP contribution in [-0.2, 0) is 13.6 Å². The first kappa shape index (κ1) is 23.9. The van der Waals surface area contributed by atoms with Gasteiger partial charge in [0.2, 0.25) is 0 Å². The first-order valence-corrected chi connectivity index (χ1v) is 11.3. The van der Waals surface area contributed by atoms with Gasteiger partial charge in [0.1, 0.15) is 5.75 Å². The molecule has 0 aromatic heterocycles. The molecule has 0 heterocycles. The Morgan fingerprint density at radius 1 is 0.741 bits per heavy atom. The second kappa shape index (κ2) is 10.4. The molecule has 0 N–H and O–H groups in total. The van der Waals surface area contributed by atoms with E-state index in [1.54, 1.807) is 24.3 Å². The Kier molecular flexibility index (Phi) is 9.20. The smallest absolute Gasteiger partial charge is 0.417 e. The molecule has 0 bridgehead atoms. The number of carbonyl (C=O) groups excluding carboxylic acids is 1. The summed E-state index contributed by atoms with van der Waals surface area (Å²) in [5.41, 5.74) is -0.966. The van der Waals surface area contributed by atoms with Crippen molar-refractivity contribution in [2.45, 2.75) is 67.6 Å². The molecule has 0 saturated heterocycles. The van der Waals surface area contributed by atoms with Crippen LogP contribution in [0, 0.1) is 23.7 Å². The normalized spacial score (nSPS) is 12.8. The van der Waals surface area contributed by atoms with Gasteiger partial charge in [-0.05, 0) is 35.8 Å². The monoisotopic (exact) mass is 398 g/mol. The summed E-state index contributed by atoms with van der Waals surface area (Å²) in [5.74, 6) is 0.600. The van der Waals surface area contributed by atoms with E-state index in [2.05, 4.69) is 0 Å². The maximum Gasteiger partial charge on any atom is 0.439 e. The number of benzene rings is 1. The van der Waals surface area contributed by atoms with Crippen LogP contribution >= 0.6 is 7.60 Å². The first-order valence-electron chi connectivity index (χ1n) is 9.72. The third kappa shape index (κ3) is 7.06. The molecule has 0 atom stereocenters. The standard InChI is InChI=1S/C21H35O5P/c1-14(2)19(15(3)4)25-27(23,26-20(16(5)6)17(7)8)21(22)24-18-12-10-9-11-13-18/h9-17,19-20H,1-8H3. The van der Waals surface area contributed by atoms with Crippen LogP contribution in [0.25, 0.3) is 0 Å². The summed E-state index contributed by atoms with van der Waals surface area (Å²) in [4.78, 5) is 12.9. The molecule has 0 fully saturated rings. The fraction of sp³-hybridized carbons (Fsp3) is 0.667. The Balaban J connectivity index is 3.20. The molecule has 0 unspecified atom stereocenters. The van der Waals surface area contributed by atoms with Gasteiger partial charge in [0.15, 0.2) is 0 Å². The highest BCUT2D eigenvalue weighted by Gasteiger charge is 2.44. The Morgan fingerprint density at radius 2 is 1.11 bits per heavy atom. The number of hydrogen-bond donors (Lipinski definition) is 0. The molecule has 0 radical (unpaired) electrons. The van der Waals surface area contributed by atoms with Gasteiger partial charge < -0.3 is 4.74 Å². The molecule has 0 amide bonds. The van der Waals surface area contributed by atoms with Crippen LogP contribution in [0.15, 0.2) is 30.3 Å². The topological polar surface area (TPSA) is 61.8 Å². The van der Waals surface area contributed by atoms with E-state index in [4.69, 9.17) is 13.8 Å². The summed E-state index contributed by atoms with van der Waals surface area (Å²) in [6, 6.07) is 8.56. The number of para-hydroxylation sites is 1. The zero-order valence-corrected chi connectivity index (χ0v) is 18.7. The molecule has 0 aliphatic rings. The Hall–Kier alpha value is -1.16. The van der Waals surface area contributed by atoms with Gasteiger partial charge in [0.05, 0.1) is 12.2 Å². The Bertz CT molecular complexity index is 583. The van der Waals surface area contributed by atoms with Crippen LogP contribution in [0.1, 0.15) is 55.4 Å². The molecule has 1 aromatic rings. The fourth-order valence-electron chi connectivity index (χ4n) is 3.10. The van der Waals surface area contributed by atoms with E-state index in [0.29, 0.717) is 5.75 Å². The van der Waals surface area contributed by atoms with Gasteiger partial charge in [0.25, 0.3) is 0 Å². The average molecular weight is 398 g/mol. The van der Waals surface area contributed by atoms with Crippen molar-refractivity contribution in [2.75, 3.05) is 0 Å². The molecule has 0 spiro atoms. The highest BCUT2D eigenvalue weighted by molar-refractivity contribution is 7.71. The zero-order valence-electron chi connectivity index (χ0n) is 17.8. The summed E-state index contributed by atoms with van der Waals surface area (Å²) in [5, 5.41) is 0. The zero-order chi connectivity index (χ0) is 20.8. The molecule has 0 saturated carbocycles. The SMILES string of the molecule is CC(C)C(OP(=O)(OC(C(C)C)C(C)C)C(=O)Oc1ccccc1)C(C)C. The lowest BCUT2D eigenvalue weighted by Gasteiger charge is -2.32. The summed E-state index contributed by atoms with van der Waals surface area (Å²) in [7, 11) is -4.16. The van der Waals surface area contributed by atoms with Gasteiger partial charge in [0, 0.05) is 0 Å². The van der Waals surface area contributed by atoms with Crippen LogP contribution in [0.2, 0.25) is 0 Å². The van der Waals surface area contributed by atoms with E-state index in [1.807, 2.05) is 61.5 Å². The lowest BCUT2D eigenvalue weighted by Crippen LogP contribution is -2.31. The molecule has 154 valence electrons. The average Bonchev–Trinajstić information content (AvgIpc) is 2.57. The van der Waals surface area contributed by atoms with Gasteiger partial charge in [-0.3, -0.25) is 9.05 Å². The molecule has 6 heteroatoms. The van der Waals surface area contributed by atoms with Crippen molar-refractivity contribution in [3.8, 4) is 5.75 Å². The summed E-state index contributed by atoms with van der Waals surface area (Å²) < 4.78 is 30.8. The lowest BCUT2D eigenvalue weighted by atomic mass is 9.97. The second-order valence-corrected chi connectivity index (χ2v) is 10.1. The van der Waals surface area contributed by atoms with Crippen molar-refractivity contribution in [2.24, 2.45) is 23.7 Å². The molecule has 27 heavy (non-hydrogen) atoms. The number of carbonyl (C=O) groups is 1. The van der Waals surface area contributed by atoms with Gasteiger partial charge in [-0.2, -0.15) is 0 Å². The molecule has 5 nitrogen and oxygen atoms in total. The van der Waals surface area contributed by atoms with Crippen LogP contribution in [-0.4, -0.2) is 17.9 Å². The second-order valence-electron chi connectivity index (χ2n) is 8.29. The van der Waals surface area contributed by atoms with Gasteiger partial charge in [-0.25, -0.2) is 9.36 Å². The third-order valence-corrected chi connectivity index (χ3v) is 5.90. The maximum absolute atomic E-state index is 13.6. The molecule has 0 aliphatic carbocycles. The van der Waals surface area contributed by atoms with Crippen LogP contribution < -0.4 is 4.74 Å². The van der Waals surface area contributed by atoms with Crippen molar-refractivity contribution in [3.05, 3.63) is 30.3 Å². The van der Waals surface area contributed by atoms with Gasteiger partial charge in [-0.1, -0.05) is 73.6 Å². The summed E-state index contributed by atoms with van der Waals surface area (Å²) in [6.45, 7) is 15.8. The van der Waals surface area contributed by atoms with Crippen LogP contribution in [0.5, 0.6) is 5.75 Å². The molecule has 1 rings (SSSR count). The fourth-order valence-corrected chi connectivity index (χ4v) is 5.16. The van der Waals surface area contributed by atoms with Crippen molar-refractivity contribution >= 4 is 13.3 Å². The Morgan fingerprint density at radius 3 is 1.44 bits per heavy atom. The Labute approximate surface area is 164 Å². The van der Waals surface area contributed by atoms with Gasteiger partial charge in [-0.15, -0.1) is 0 Å². The minimum atomic E-state index is -4.16. The van der Waals surface area contributed by atoms with E-state index in [-0.39, 0.29) is 35.9 Å². The number of hydrogen-bond acceptors (Lipinski definition) is 5. The number of rotatable bonds is 10. The predicted octanol–water partition coefficient (Wildman–Crippen LogP) is 6.77. The number of ether oxygens (including phenoxy) is 1. The van der Waals surface area contributed by atoms with Crippen LogP contribution in [0.3, 0.4) is 0 Å². The van der Waals surface area contributed by atoms with Crippen LogP contribution in [0.4, 0.5) is 4.79 Å². The molecular formula is C21H35O5P. The maximum atomic E-state index is 13.6. The summed E-state index contributed by atoms with van der Waals surface area (Å²) in [6.07, 6.45) is -0.779. The minimum Gasteiger partial charge on any atom is -0.417 e. The highest BCUT2D eigenvalue weighted by Crippen LogP contribution is 2.55. The predicted molar refractivity (Wildman–Crippen MR) is 109 cm³/mol. The first-order chi connectivity index (χ1) is 12.5. The molecule has 1 aromatic carbocycles. The molecular weight excluding hydrogens is 363 g/mol. The van der Waals surface area contributed by atoms with Crippen molar-refractivity contribution in [1.82, 2.24) is 0 Å².